The Balaban J connectivity index is 1.19. The van der Waals surface area contributed by atoms with Crippen LogP contribution >= 0.6 is 0 Å². The van der Waals surface area contributed by atoms with Gasteiger partial charge in [-0.15, -0.1) is 0 Å². The summed E-state index contributed by atoms with van der Waals surface area (Å²) in [5.41, 5.74) is -6.90. The summed E-state index contributed by atoms with van der Waals surface area (Å²) < 4.78 is 6.33. The molecule has 0 aromatic heterocycles. The summed E-state index contributed by atoms with van der Waals surface area (Å²) in [7, 11) is 1.91. The topological polar surface area (TPSA) is 169 Å². The van der Waals surface area contributed by atoms with Gasteiger partial charge in [-0.3, -0.25) is 0 Å². The molecule has 15 atom stereocenters. The van der Waals surface area contributed by atoms with Crippen molar-refractivity contribution in [3.05, 3.63) is 23.3 Å². The molecule has 1 spiro atoms. The van der Waals surface area contributed by atoms with Gasteiger partial charge in [-0.25, -0.2) is 4.79 Å². The molecule has 1 aliphatic heterocycles. The van der Waals surface area contributed by atoms with Gasteiger partial charge in [-0.05, 0) is 118 Å². The van der Waals surface area contributed by atoms with Crippen LogP contribution in [0.15, 0.2) is 23.3 Å². The van der Waals surface area contributed by atoms with E-state index in [0.29, 0.717) is 63.3 Å². The monoisotopic (exact) mass is 736 g/mol. The van der Waals surface area contributed by atoms with E-state index in [2.05, 4.69) is 23.6 Å². The third kappa shape index (κ3) is 4.52. The van der Waals surface area contributed by atoms with E-state index in [9.17, 15) is 35.1 Å². The number of nitrogens with one attached hydrogen (secondary N) is 2. The molecular formula is C43H64N2O8. The van der Waals surface area contributed by atoms with Crippen molar-refractivity contribution in [2.45, 2.75) is 144 Å². The summed E-state index contributed by atoms with van der Waals surface area (Å²) in [5.74, 6) is -2.17. The summed E-state index contributed by atoms with van der Waals surface area (Å²) in [6.45, 7) is 4.36. The van der Waals surface area contributed by atoms with Crippen LogP contribution in [-0.4, -0.2) is 99.1 Å². The fourth-order valence-electron chi connectivity index (χ4n) is 15.9. The third-order valence-corrected chi connectivity index (χ3v) is 18.2. The molecule has 0 radical (unpaired) electrons. The first-order chi connectivity index (χ1) is 25.4. The SMILES string of the molecule is CNCCNCC1=CC2CC3(O)C4(CCCCC15OC(=O)C=C5C24)CCC1C2(C=O)CCC(O)C4CCC(C(C)C5CCCC5)CC(C(O)C13O)C42O. The summed E-state index contributed by atoms with van der Waals surface area (Å²) in [6.07, 6.45) is 13.5. The summed E-state index contributed by atoms with van der Waals surface area (Å²) in [5, 5.41) is 72.5. The molecule has 0 aromatic carbocycles. The zero-order valence-corrected chi connectivity index (χ0v) is 31.9. The first-order valence-electron chi connectivity index (χ1n) is 21.4. The van der Waals surface area contributed by atoms with Crippen molar-refractivity contribution in [2.24, 2.45) is 58.2 Å². The molecule has 7 N–H and O–H groups in total. The number of hydrogen-bond donors (Lipinski definition) is 7. The Morgan fingerprint density at radius 1 is 0.906 bits per heavy atom. The summed E-state index contributed by atoms with van der Waals surface area (Å²) in [4.78, 5) is 27.3. The van der Waals surface area contributed by atoms with Crippen molar-refractivity contribution in [2.75, 3.05) is 26.7 Å². The van der Waals surface area contributed by atoms with Crippen molar-refractivity contribution >= 4 is 12.3 Å². The molecule has 9 aliphatic rings. The number of fused-ring (bicyclic) bond motifs is 3. The highest BCUT2D eigenvalue weighted by atomic mass is 16.6. The lowest BCUT2D eigenvalue weighted by molar-refractivity contribution is -0.375. The second kappa shape index (κ2) is 12.7. The van der Waals surface area contributed by atoms with Gasteiger partial charge in [0.2, 0.25) is 0 Å². The predicted octanol–water partition coefficient (Wildman–Crippen LogP) is 3.33. The van der Waals surface area contributed by atoms with Crippen LogP contribution in [0, 0.1) is 58.2 Å². The average molecular weight is 737 g/mol. The van der Waals surface area contributed by atoms with Crippen molar-refractivity contribution in [3.8, 4) is 0 Å². The fourth-order valence-corrected chi connectivity index (χ4v) is 15.9. The van der Waals surface area contributed by atoms with Gasteiger partial charge in [0.15, 0.2) is 5.60 Å². The number of ether oxygens (including phenoxy) is 1. The Kier molecular flexibility index (Phi) is 8.83. The minimum absolute atomic E-state index is 0.150. The molecule has 1 heterocycles. The zero-order valence-electron chi connectivity index (χ0n) is 31.9. The van der Waals surface area contributed by atoms with E-state index in [4.69, 9.17) is 4.74 Å². The van der Waals surface area contributed by atoms with Gasteiger partial charge in [0.1, 0.15) is 17.5 Å². The van der Waals surface area contributed by atoms with E-state index >= 15 is 0 Å². The fraction of sp³-hybridized carbons (Fsp3) is 0.860. The molecule has 2 bridgehead atoms. The molecule has 294 valence electrons. The van der Waals surface area contributed by atoms with Crippen LogP contribution in [0.1, 0.15) is 110 Å². The number of aliphatic hydroxyl groups excluding tert-OH is 2. The van der Waals surface area contributed by atoms with Crippen LogP contribution in [0.3, 0.4) is 0 Å². The van der Waals surface area contributed by atoms with E-state index in [-0.39, 0.29) is 36.6 Å². The Labute approximate surface area is 314 Å². The molecule has 53 heavy (non-hydrogen) atoms. The molecule has 7 saturated carbocycles. The van der Waals surface area contributed by atoms with Gasteiger partial charge in [-0.1, -0.05) is 45.1 Å². The normalized spacial score (nSPS) is 52.0. The Bertz CT molecular complexity index is 1560. The van der Waals surface area contributed by atoms with E-state index < -0.39 is 63.2 Å². The summed E-state index contributed by atoms with van der Waals surface area (Å²) in [6, 6.07) is 0. The number of aliphatic hydroxyl groups is 5. The van der Waals surface area contributed by atoms with Gasteiger partial charge in [0.25, 0.3) is 0 Å². The van der Waals surface area contributed by atoms with Crippen LogP contribution in [0.25, 0.3) is 0 Å². The van der Waals surface area contributed by atoms with Crippen molar-refractivity contribution in [3.63, 3.8) is 0 Å². The molecule has 10 heteroatoms. The number of hydrogen-bond acceptors (Lipinski definition) is 10. The number of carbonyl (C=O) groups is 2. The third-order valence-electron chi connectivity index (χ3n) is 18.2. The van der Waals surface area contributed by atoms with Crippen molar-refractivity contribution in [1.82, 2.24) is 10.6 Å². The minimum Gasteiger partial charge on any atom is -0.447 e. The maximum Gasteiger partial charge on any atom is 0.332 e. The molecular weight excluding hydrogens is 672 g/mol. The van der Waals surface area contributed by atoms with E-state index in [1.165, 1.54) is 25.7 Å². The first-order valence-corrected chi connectivity index (χ1v) is 21.4. The lowest BCUT2D eigenvalue weighted by Crippen LogP contribution is -2.85. The Hall–Kier alpha value is -1.66. The maximum atomic E-state index is 14.0. The van der Waals surface area contributed by atoms with Crippen LogP contribution in [0.4, 0.5) is 0 Å². The Morgan fingerprint density at radius 2 is 1.68 bits per heavy atom. The predicted molar refractivity (Wildman–Crippen MR) is 197 cm³/mol. The van der Waals surface area contributed by atoms with Crippen molar-refractivity contribution < 1.29 is 39.9 Å². The lowest BCUT2D eigenvalue weighted by Gasteiger charge is -2.73. The van der Waals surface area contributed by atoms with Crippen LogP contribution < -0.4 is 10.6 Å². The van der Waals surface area contributed by atoms with Crippen LogP contribution in [0.5, 0.6) is 0 Å². The molecule has 9 rings (SSSR count). The van der Waals surface area contributed by atoms with Gasteiger partial charge in [0, 0.05) is 48.9 Å². The minimum atomic E-state index is -2.09. The highest BCUT2D eigenvalue weighted by Gasteiger charge is 2.85. The molecule has 15 unspecified atom stereocenters. The van der Waals surface area contributed by atoms with Crippen LogP contribution in [-0.2, 0) is 14.3 Å². The molecule has 0 amide bonds. The highest BCUT2D eigenvalue weighted by molar-refractivity contribution is 5.88. The zero-order chi connectivity index (χ0) is 37.2. The van der Waals surface area contributed by atoms with Gasteiger partial charge in [-0.2, -0.15) is 0 Å². The second-order valence-electron chi connectivity index (χ2n) is 19.5. The molecule has 8 aliphatic carbocycles. The lowest BCUT2D eigenvalue weighted by atomic mass is 9.35. The number of aldehydes is 1. The summed E-state index contributed by atoms with van der Waals surface area (Å²) >= 11 is 0. The molecule has 0 aromatic rings. The Morgan fingerprint density at radius 3 is 2.43 bits per heavy atom. The van der Waals surface area contributed by atoms with Gasteiger partial charge >= 0.3 is 5.97 Å². The molecule has 0 saturated heterocycles. The quantitative estimate of drug-likeness (QED) is 0.0850. The van der Waals surface area contributed by atoms with Crippen molar-refractivity contribution in [1.29, 1.82) is 0 Å². The number of likely N-dealkylation sites (N-methyl/N-ethyl adjacent to an activating group) is 1. The van der Waals surface area contributed by atoms with E-state index in [0.717, 1.165) is 49.8 Å². The molecule has 10 nitrogen and oxygen atoms in total. The van der Waals surface area contributed by atoms with Crippen LogP contribution in [0.2, 0.25) is 0 Å². The molecule has 7 fully saturated rings. The van der Waals surface area contributed by atoms with E-state index in [1.54, 1.807) is 6.08 Å². The largest absolute Gasteiger partial charge is 0.447 e. The number of esters is 1. The maximum absolute atomic E-state index is 14.0. The smallest absolute Gasteiger partial charge is 0.332 e. The van der Waals surface area contributed by atoms with Gasteiger partial charge < -0.3 is 45.7 Å². The highest BCUT2D eigenvalue weighted by Crippen LogP contribution is 2.78. The first kappa shape index (κ1) is 36.9. The van der Waals surface area contributed by atoms with Gasteiger partial charge in [0.05, 0.1) is 23.2 Å². The number of allylic oxidation sites excluding steroid dienone is 1. The number of rotatable bonds is 8. The average Bonchev–Trinajstić information content (AvgIpc) is 3.81. The standard InChI is InChI=1S/C43H64N2O8/c1-25(26-7-3-4-8-26)27-9-10-30-33(47)11-15-39(24-46)34-12-16-38-13-5-6-14-40-29(23-45-18-17-44-2)19-28(36(38)31(40)21-35(48)53-40)22-41(38,50)43(34,52)37(49)32(20-27)42(30,39)51/h19,21,24-28,30,32-34,36-37,44-45,47,49-52H,3-18,20,22-23H2,1-2H3. The number of carbonyl (C=O) groups excluding carboxylic acids is 2. The van der Waals surface area contributed by atoms with E-state index in [1.807, 2.05) is 7.05 Å². The second-order valence-corrected chi connectivity index (χ2v) is 19.5.